The normalized spacial score (nSPS) is 21.7. The first-order valence-corrected chi connectivity index (χ1v) is 5.60. The van der Waals surface area contributed by atoms with Crippen molar-refractivity contribution in [2.24, 2.45) is 0 Å². The Morgan fingerprint density at radius 3 is 2.94 bits per heavy atom. The zero-order valence-corrected chi connectivity index (χ0v) is 9.35. The summed E-state index contributed by atoms with van der Waals surface area (Å²) in [6.45, 7) is 2.79. The highest BCUT2D eigenvalue weighted by atomic mass is 16.5. The van der Waals surface area contributed by atoms with Gasteiger partial charge in [0.05, 0.1) is 12.1 Å². The molecule has 0 saturated carbocycles. The molecule has 16 heavy (non-hydrogen) atoms. The molecule has 1 amide bonds. The van der Waals surface area contributed by atoms with Gasteiger partial charge in [0, 0.05) is 24.6 Å². The molecule has 1 saturated heterocycles. The second-order valence-corrected chi connectivity index (χ2v) is 4.05. The highest BCUT2D eigenvalue weighted by molar-refractivity contribution is 5.94. The SMILES string of the molecule is C[C@H](NC(=O)c1ccncc1)[C@@H]1CCCO1. The van der Waals surface area contributed by atoms with Crippen LogP contribution in [-0.4, -0.2) is 29.6 Å². The molecule has 86 valence electrons. The summed E-state index contributed by atoms with van der Waals surface area (Å²) in [5.74, 6) is -0.0644. The van der Waals surface area contributed by atoms with Crippen LogP contribution in [0.5, 0.6) is 0 Å². The van der Waals surface area contributed by atoms with Gasteiger partial charge in [0.2, 0.25) is 0 Å². The van der Waals surface area contributed by atoms with Gasteiger partial charge in [-0.05, 0) is 31.9 Å². The molecule has 1 aromatic rings. The van der Waals surface area contributed by atoms with E-state index >= 15 is 0 Å². The number of amides is 1. The van der Waals surface area contributed by atoms with E-state index in [0.717, 1.165) is 19.4 Å². The number of hydrogen-bond donors (Lipinski definition) is 1. The quantitative estimate of drug-likeness (QED) is 0.837. The van der Waals surface area contributed by atoms with Crippen molar-refractivity contribution in [3.63, 3.8) is 0 Å². The lowest BCUT2D eigenvalue weighted by Gasteiger charge is -2.19. The highest BCUT2D eigenvalue weighted by Gasteiger charge is 2.23. The van der Waals surface area contributed by atoms with Crippen molar-refractivity contribution in [3.8, 4) is 0 Å². The molecule has 2 heterocycles. The van der Waals surface area contributed by atoms with Crippen molar-refractivity contribution in [1.29, 1.82) is 0 Å². The largest absolute Gasteiger partial charge is 0.376 e. The predicted molar refractivity (Wildman–Crippen MR) is 60.1 cm³/mol. The number of aromatic nitrogens is 1. The third kappa shape index (κ3) is 2.58. The summed E-state index contributed by atoms with van der Waals surface area (Å²) in [6, 6.07) is 3.47. The number of nitrogens with zero attached hydrogens (tertiary/aromatic N) is 1. The van der Waals surface area contributed by atoms with E-state index < -0.39 is 0 Å². The van der Waals surface area contributed by atoms with E-state index in [1.807, 2.05) is 6.92 Å². The van der Waals surface area contributed by atoms with Crippen molar-refractivity contribution in [2.45, 2.75) is 31.9 Å². The van der Waals surface area contributed by atoms with Gasteiger partial charge in [0.15, 0.2) is 0 Å². The second-order valence-electron chi connectivity index (χ2n) is 4.05. The number of nitrogens with one attached hydrogen (secondary N) is 1. The maximum Gasteiger partial charge on any atom is 0.251 e. The van der Waals surface area contributed by atoms with E-state index in [1.54, 1.807) is 24.5 Å². The van der Waals surface area contributed by atoms with Crippen LogP contribution in [0.15, 0.2) is 24.5 Å². The lowest BCUT2D eigenvalue weighted by molar-refractivity contribution is 0.0712. The molecule has 2 atom stereocenters. The van der Waals surface area contributed by atoms with Gasteiger partial charge in [-0.1, -0.05) is 0 Å². The number of hydrogen-bond acceptors (Lipinski definition) is 3. The Hall–Kier alpha value is -1.42. The van der Waals surface area contributed by atoms with Gasteiger partial charge < -0.3 is 10.1 Å². The molecular weight excluding hydrogens is 204 g/mol. The van der Waals surface area contributed by atoms with Crippen LogP contribution in [0, 0.1) is 0 Å². The summed E-state index contributed by atoms with van der Waals surface area (Å²) in [5.41, 5.74) is 0.639. The third-order valence-corrected chi connectivity index (χ3v) is 2.82. The molecule has 1 aromatic heterocycles. The van der Waals surface area contributed by atoms with E-state index in [0.29, 0.717) is 5.56 Å². The highest BCUT2D eigenvalue weighted by Crippen LogP contribution is 2.15. The van der Waals surface area contributed by atoms with Gasteiger partial charge >= 0.3 is 0 Å². The Kier molecular flexibility index (Phi) is 3.51. The predicted octanol–water partition coefficient (Wildman–Crippen LogP) is 1.38. The molecule has 0 bridgehead atoms. The second kappa shape index (κ2) is 5.07. The van der Waals surface area contributed by atoms with Crippen LogP contribution >= 0.6 is 0 Å². The zero-order chi connectivity index (χ0) is 11.4. The van der Waals surface area contributed by atoms with Gasteiger partial charge in [-0.2, -0.15) is 0 Å². The summed E-state index contributed by atoms with van der Waals surface area (Å²) in [5, 5.41) is 2.95. The zero-order valence-electron chi connectivity index (χ0n) is 9.35. The topological polar surface area (TPSA) is 51.2 Å². The standard InChI is InChI=1S/C12H16N2O2/c1-9(11-3-2-8-16-11)14-12(15)10-4-6-13-7-5-10/h4-7,9,11H,2-3,8H2,1H3,(H,14,15)/t9-,11-/m0/s1. The van der Waals surface area contributed by atoms with Crippen LogP contribution in [0.25, 0.3) is 0 Å². The van der Waals surface area contributed by atoms with Crippen LogP contribution in [0.4, 0.5) is 0 Å². The molecule has 0 spiro atoms. The monoisotopic (exact) mass is 220 g/mol. The van der Waals surface area contributed by atoms with E-state index in [-0.39, 0.29) is 18.1 Å². The molecule has 0 radical (unpaired) electrons. The Bertz CT molecular complexity index is 347. The van der Waals surface area contributed by atoms with Crippen molar-refractivity contribution in [2.75, 3.05) is 6.61 Å². The number of ether oxygens (including phenoxy) is 1. The van der Waals surface area contributed by atoms with Crippen LogP contribution in [0.2, 0.25) is 0 Å². The van der Waals surface area contributed by atoms with E-state index in [2.05, 4.69) is 10.3 Å². The number of carbonyl (C=O) groups excluding carboxylic acids is 1. The molecule has 2 rings (SSSR count). The molecule has 0 aliphatic carbocycles. The van der Waals surface area contributed by atoms with Gasteiger partial charge in [-0.15, -0.1) is 0 Å². The van der Waals surface area contributed by atoms with E-state index in [9.17, 15) is 4.79 Å². The Labute approximate surface area is 95.0 Å². The summed E-state index contributed by atoms with van der Waals surface area (Å²) < 4.78 is 5.52. The summed E-state index contributed by atoms with van der Waals surface area (Å²) >= 11 is 0. The average molecular weight is 220 g/mol. The van der Waals surface area contributed by atoms with Gasteiger partial charge in [0.25, 0.3) is 5.91 Å². The van der Waals surface area contributed by atoms with Crippen molar-refractivity contribution >= 4 is 5.91 Å². The first kappa shape index (κ1) is 11.1. The minimum absolute atomic E-state index is 0.0585. The molecule has 4 nitrogen and oxygen atoms in total. The molecule has 1 aliphatic heterocycles. The number of rotatable bonds is 3. The van der Waals surface area contributed by atoms with E-state index in [1.165, 1.54) is 0 Å². The fraction of sp³-hybridized carbons (Fsp3) is 0.500. The van der Waals surface area contributed by atoms with Crippen molar-refractivity contribution in [1.82, 2.24) is 10.3 Å². The lowest BCUT2D eigenvalue weighted by atomic mass is 10.1. The first-order valence-electron chi connectivity index (χ1n) is 5.60. The fourth-order valence-corrected chi connectivity index (χ4v) is 1.88. The maximum absolute atomic E-state index is 11.8. The fourth-order valence-electron chi connectivity index (χ4n) is 1.88. The molecule has 1 N–H and O–H groups in total. The molecule has 1 fully saturated rings. The number of pyridine rings is 1. The molecular formula is C12H16N2O2. The van der Waals surface area contributed by atoms with E-state index in [4.69, 9.17) is 4.74 Å². The van der Waals surface area contributed by atoms with Crippen molar-refractivity contribution < 1.29 is 9.53 Å². The summed E-state index contributed by atoms with van der Waals surface area (Å²) in [7, 11) is 0. The van der Waals surface area contributed by atoms with Crippen LogP contribution in [-0.2, 0) is 4.74 Å². The minimum Gasteiger partial charge on any atom is -0.376 e. The maximum atomic E-state index is 11.8. The van der Waals surface area contributed by atoms with Crippen LogP contribution in [0.1, 0.15) is 30.1 Å². The molecule has 0 aromatic carbocycles. The van der Waals surface area contributed by atoms with Crippen LogP contribution in [0.3, 0.4) is 0 Å². The summed E-state index contributed by atoms with van der Waals surface area (Å²) in [6.07, 6.45) is 5.50. The van der Waals surface area contributed by atoms with Gasteiger partial charge in [0.1, 0.15) is 0 Å². The summed E-state index contributed by atoms with van der Waals surface area (Å²) in [4.78, 5) is 15.7. The number of carbonyl (C=O) groups is 1. The lowest BCUT2D eigenvalue weighted by Crippen LogP contribution is -2.40. The smallest absolute Gasteiger partial charge is 0.251 e. The van der Waals surface area contributed by atoms with Crippen LogP contribution < -0.4 is 5.32 Å². The molecule has 1 aliphatic rings. The Balaban J connectivity index is 1.92. The van der Waals surface area contributed by atoms with Gasteiger partial charge in [-0.25, -0.2) is 0 Å². The van der Waals surface area contributed by atoms with Gasteiger partial charge in [-0.3, -0.25) is 9.78 Å². The third-order valence-electron chi connectivity index (χ3n) is 2.82. The Morgan fingerprint density at radius 2 is 2.31 bits per heavy atom. The Morgan fingerprint density at radius 1 is 1.56 bits per heavy atom. The minimum atomic E-state index is -0.0644. The molecule has 4 heteroatoms. The molecule has 0 unspecified atom stereocenters. The first-order chi connectivity index (χ1) is 7.77. The average Bonchev–Trinajstić information content (AvgIpc) is 2.83. The van der Waals surface area contributed by atoms with Crippen molar-refractivity contribution in [3.05, 3.63) is 30.1 Å².